The molecule has 0 aliphatic carbocycles. The minimum Gasteiger partial charge on any atom is -0.497 e. The molecule has 0 saturated carbocycles. The van der Waals surface area contributed by atoms with E-state index in [2.05, 4.69) is 11.1 Å². The van der Waals surface area contributed by atoms with Crippen molar-refractivity contribution in [3.05, 3.63) is 65.9 Å². The van der Waals surface area contributed by atoms with E-state index in [4.69, 9.17) is 4.74 Å². The van der Waals surface area contributed by atoms with Gasteiger partial charge in [-0.05, 0) is 49.6 Å². The molecule has 0 unspecified atom stereocenters. The molecule has 2 aromatic carbocycles. The molecule has 1 aromatic heterocycles. The zero-order valence-electron chi connectivity index (χ0n) is 20.2. The van der Waals surface area contributed by atoms with Crippen molar-refractivity contribution in [3.63, 3.8) is 0 Å². The Balaban J connectivity index is 1.80. The van der Waals surface area contributed by atoms with Gasteiger partial charge in [-0.3, -0.25) is 4.79 Å². The maximum absolute atomic E-state index is 13.4. The third kappa shape index (κ3) is 6.06. The highest BCUT2D eigenvalue weighted by atomic mass is 16.5. The number of ether oxygens (including phenoxy) is 1. The molecule has 0 spiro atoms. The molecular formula is C26H34N4O3. The third-order valence-electron chi connectivity index (χ3n) is 5.77. The first kappa shape index (κ1) is 24.2. The number of H-pyrrole nitrogens is 1. The van der Waals surface area contributed by atoms with E-state index in [-0.39, 0.29) is 24.5 Å². The number of nitrogens with zero attached hydrogens (tertiary/aromatic N) is 3. The molecule has 1 heterocycles. The number of carbonyl (C=O) groups is 2. The van der Waals surface area contributed by atoms with Gasteiger partial charge in [0.1, 0.15) is 12.3 Å². The maximum atomic E-state index is 13.4. The predicted octanol–water partition coefficient (Wildman–Crippen LogP) is 4.14. The fourth-order valence-corrected chi connectivity index (χ4v) is 3.81. The van der Waals surface area contributed by atoms with Crippen LogP contribution in [0.25, 0.3) is 10.9 Å². The van der Waals surface area contributed by atoms with Crippen molar-refractivity contribution < 1.29 is 14.3 Å². The first-order valence-corrected chi connectivity index (χ1v) is 11.2. The predicted molar refractivity (Wildman–Crippen MR) is 131 cm³/mol. The van der Waals surface area contributed by atoms with Crippen LogP contribution in [-0.4, -0.2) is 72.0 Å². The SMILES string of the molecule is COc1ccc(CN(CCc2c[nH]c3ccccc23)C(=O)CN(C(=O)N(C)C)C(C)C)cc1. The molecule has 7 heteroatoms. The highest BCUT2D eigenvalue weighted by Crippen LogP contribution is 2.19. The van der Waals surface area contributed by atoms with Crippen LogP contribution in [0, 0.1) is 0 Å². The van der Waals surface area contributed by atoms with E-state index in [1.165, 1.54) is 15.8 Å². The maximum Gasteiger partial charge on any atom is 0.320 e. The van der Waals surface area contributed by atoms with Gasteiger partial charge in [0.25, 0.3) is 0 Å². The number of rotatable bonds is 9. The van der Waals surface area contributed by atoms with Crippen LogP contribution in [0.4, 0.5) is 4.79 Å². The molecule has 33 heavy (non-hydrogen) atoms. The number of aromatic nitrogens is 1. The van der Waals surface area contributed by atoms with Crippen LogP contribution in [0.3, 0.4) is 0 Å². The van der Waals surface area contributed by atoms with E-state index in [1.807, 2.05) is 67.4 Å². The second kappa shape index (κ2) is 10.9. The highest BCUT2D eigenvalue weighted by Gasteiger charge is 2.25. The second-order valence-electron chi connectivity index (χ2n) is 8.67. The molecule has 0 aliphatic rings. The minimum absolute atomic E-state index is 0.0404. The van der Waals surface area contributed by atoms with E-state index in [0.29, 0.717) is 13.1 Å². The molecule has 3 aromatic rings. The van der Waals surface area contributed by atoms with Gasteiger partial charge in [-0.25, -0.2) is 4.79 Å². The summed E-state index contributed by atoms with van der Waals surface area (Å²) in [6.45, 7) is 4.91. The summed E-state index contributed by atoms with van der Waals surface area (Å²) < 4.78 is 5.25. The average Bonchev–Trinajstić information content (AvgIpc) is 3.22. The van der Waals surface area contributed by atoms with Gasteiger partial charge in [0.2, 0.25) is 5.91 Å². The third-order valence-corrected chi connectivity index (χ3v) is 5.77. The normalized spacial score (nSPS) is 11.0. The van der Waals surface area contributed by atoms with Crippen molar-refractivity contribution in [1.82, 2.24) is 19.7 Å². The van der Waals surface area contributed by atoms with Crippen LogP contribution in [0.1, 0.15) is 25.0 Å². The lowest BCUT2D eigenvalue weighted by molar-refractivity contribution is -0.132. The fourth-order valence-electron chi connectivity index (χ4n) is 3.81. The molecule has 0 atom stereocenters. The quantitative estimate of drug-likeness (QED) is 0.533. The Morgan fingerprint density at radius 2 is 1.73 bits per heavy atom. The molecule has 0 saturated heterocycles. The minimum atomic E-state index is -0.167. The van der Waals surface area contributed by atoms with Crippen LogP contribution in [0.5, 0.6) is 5.75 Å². The van der Waals surface area contributed by atoms with E-state index in [1.54, 1.807) is 26.1 Å². The number of fused-ring (bicyclic) bond motifs is 1. The monoisotopic (exact) mass is 450 g/mol. The Bertz CT molecular complexity index is 1070. The summed E-state index contributed by atoms with van der Waals surface area (Å²) in [6.07, 6.45) is 2.73. The highest BCUT2D eigenvalue weighted by molar-refractivity contribution is 5.85. The lowest BCUT2D eigenvalue weighted by Crippen LogP contribution is -2.49. The summed E-state index contributed by atoms with van der Waals surface area (Å²) in [5, 5.41) is 1.17. The lowest BCUT2D eigenvalue weighted by atomic mass is 10.1. The summed E-state index contributed by atoms with van der Waals surface area (Å²) in [5.41, 5.74) is 3.27. The van der Waals surface area contributed by atoms with E-state index < -0.39 is 0 Å². The lowest BCUT2D eigenvalue weighted by Gasteiger charge is -2.32. The van der Waals surface area contributed by atoms with Gasteiger partial charge in [0.15, 0.2) is 0 Å². The summed E-state index contributed by atoms with van der Waals surface area (Å²) in [4.78, 5) is 34.3. The molecule has 0 bridgehead atoms. The topological polar surface area (TPSA) is 68.9 Å². The number of methoxy groups -OCH3 is 1. The van der Waals surface area contributed by atoms with Crippen molar-refractivity contribution >= 4 is 22.8 Å². The van der Waals surface area contributed by atoms with Crippen LogP contribution < -0.4 is 4.74 Å². The summed E-state index contributed by atoms with van der Waals surface area (Å²) in [5.74, 6) is 0.701. The number of hydrogen-bond donors (Lipinski definition) is 1. The average molecular weight is 451 g/mol. The van der Waals surface area contributed by atoms with Crippen molar-refractivity contribution in [2.24, 2.45) is 0 Å². The number of urea groups is 1. The van der Waals surface area contributed by atoms with Gasteiger partial charge >= 0.3 is 6.03 Å². The number of carbonyl (C=O) groups excluding carboxylic acids is 2. The van der Waals surface area contributed by atoms with Gasteiger partial charge < -0.3 is 24.4 Å². The summed E-state index contributed by atoms with van der Waals surface area (Å²) in [6, 6.07) is 15.6. The fraction of sp³-hybridized carbons (Fsp3) is 0.385. The molecule has 7 nitrogen and oxygen atoms in total. The number of nitrogens with one attached hydrogen (secondary N) is 1. The van der Waals surface area contributed by atoms with Crippen LogP contribution >= 0.6 is 0 Å². The van der Waals surface area contributed by atoms with Gasteiger partial charge in [-0.1, -0.05) is 30.3 Å². The molecule has 3 amide bonds. The standard InChI is InChI=1S/C26H34N4O3/c1-19(2)30(26(32)28(3)4)18-25(31)29(17-20-10-12-22(33-5)13-11-20)15-14-21-16-27-24-9-7-6-8-23(21)24/h6-13,16,19,27H,14-15,17-18H2,1-5H3. The Labute approximate surface area is 195 Å². The number of aromatic amines is 1. The Hall–Kier alpha value is -3.48. The van der Waals surface area contributed by atoms with E-state index in [0.717, 1.165) is 23.3 Å². The molecule has 0 fully saturated rings. The van der Waals surface area contributed by atoms with Crippen molar-refractivity contribution in [1.29, 1.82) is 0 Å². The molecule has 0 aliphatic heterocycles. The van der Waals surface area contributed by atoms with E-state index >= 15 is 0 Å². The molecule has 0 radical (unpaired) electrons. The number of para-hydroxylation sites is 1. The summed E-state index contributed by atoms with van der Waals surface area (Å²) >= 11 is 0. The van der Waals surface area contributed by atoms with Crippen LogP contribution in [0.2, 0.25) is 0 Å². The Morgan fingerprint density at radius 3 is 2.36 bits per heavy atom. The van der Waals surface area contributed by atoms with Crippen molar-refractivity contribution in [2.75, 3.05) is 34.3 Å². The number of hydrogen-bond acceptors (Lipinski definition) is 3. The first-order valence-electron chi connectivity index (χ1n) is 11.2. The summed E-state index contributed by atoms with van der Waals surface area (Å²) in [7, 11) is 5.04. The number of benzene rings is 2. The first-order chi connectivity index (χ1) is 15.8. The smallest absolute Gasteiger partial charge is 0.320 e. The second-order valence-corrected chi connectivity index (χ2v) is 8.67. The van der Waals surface area contributed by atoms with Crippen molar-refractivity contribution in [3.8, 4) is 5.75 Å². The molecule has 1 N–H and O–H groups in total. The largest absolute Gasteiger partial charge is 0.497 e. The molecular weight excluding hydrogens is 416 g/mol. The van der Waals surface area contributed by atoms with Crippen LogP contribution in [0.15, 0.2) is 54.7 Å². The van der Waals surface area contributed by atoms with Gasteiger partial charge in [-0.2, -0.15) is 0 Å². The molecule has 3 rings (SSSR count). The zero-order valence-corrected chi connectivity index (χ0v) is 20.2. The molecule has 176 valence electrons. The van der Waals surface area contributed by atoms with Gasteiger partial charge in [0.05, 0.1) is 7.11 Å². The van der Waals surface area contributed by atoms with E-state index in [9.17, 15) is 9.59 Å². The van der Waals surface area contributed by atoms with Gasteiger partial charge in [-0.15, -0.1) is 0 Å². The van der Waals surface area contributed by atoms with Gasteiger partial charge in [0, 0.05) is 50.3 Å². The Kier molecular flexibility index (Phi) is 7.98. The van der Waals surface area contributed by atoms with Crippen molar-refractivity contribution in [2.45, 2.75) is 32.9 Å². The zero-order chi connectivity index (χ0) is 24.0. The number of amides is 3. The Morgan fingerprint density at radius 1 is 1.03 bits per heavy atom. The van der Waals surface area contributed by atoms with Crippen LogP contribution in [-0.2, 0) is 17.8 Å².